The molecule has 0 aromatic heterocycles. The summed E-state index contributed by atoms with van der Waals surface area (Å²) in [4.78, 5) is 10.2. The van der Waals surface area contributed by atoms with Gasteiger partial charge in [-0.05, 0) is 12.8 Å². The Hall–Kier alpha value is -0.670. The number of hydrogen-bond donors (Lipinski definition) is 1. The minimum absolute atomic E-state index is 0.356. The van der Waals surface area contributed by atoms with Crippen LogP contribution in [-0.2, 0) is 4.79 Å². The van der Waals surface area contributed by atoms with Gasteiger partial charge in [0.25, 0.3) is 0 Å². The van der Waals surface area contributed by atoms with Gasteiger partial charge in [0.2, 0.25) is 6.43 Å². The highest BCUT2D eigenvalue weighted by Crippen LogP contribution is 2.38. The normalized spacial score (nSPS) is 31.9. The van der Waals surface area contributed by atoms with Crippen molar-refractivity contribution in [2.24, 2.45) is 11.8 Å². The molecule has 1 saturated carbocycles. The Morgan fingerprint density at radius 3 is 2.20 bits per heavy atom. The van der Waals surface area contributed by atoms with Crippen LogP contribution in [0.1, 0.15) is 12.8 Å². The van der Waals surface area contributed by atoms with Crippen LogP contribution in [0.15, 0.2) is 0 Å². The maximum absolute atomic E-state index is 11.8. The molecule has 10 heavy (non-hydrogen) atoms. The van der Waals surface area contributed by atoms with Gasteiger partial charge in [0.15, 0.2) is 0 Å². The van der Waals surface area contributed by atoms with Gasteiger partial charge in [0, 0.05) is 5.92 Å². The van der Waals surface area contributed by atoms with Gasteiger partial charge >= 0.3 is 5.97 Å². The molecule has 2 nitrogen and oxygen atoms in total. The highest BCUT2D eigenvalue weighted by atomic mass is 19.3. The van der Waals surface area contributed by atoms with Crippen molar-refractivity contribution in [2.75, 3.05) is 0 Å². The molecule has 1 aliphatic rings. The lowest BCUT2D eigenvalue weighted by Crippen LogP contribution is -2.37. The van der Waals surface area contributed by atoms with Gasteiger partial charge < -0.3 is 5.11 Å². The zero-order valence-electron chi connectivity index (χ0n) is 5.26. The van der Waals surface area contributed by atoms with Gasteiger partial charge in [0.1, 0.15) is 0 Å². The number of hydrogen-bond acceptors (Lipinski definition) is 1. The molecule has 0 aromatic rings. The Balaban J connectivity index is 2.43. The SMILES string of the molecule is O=C(O)[C@H]1CC[C@@H]1C(F)F. The first-order valence-electron chi connectivity index (χ1n) is 3.14. The van der Waals surface area contributed by atoms with Crippen LogP contribution >= 0.6 is 0 Å². The van der Waals surface area contributed by atoms with Crippen LogP contribution in [-0.4, -0.2) is 17.5 Å². The molecular weight excluding hydrogens is 142 g/mol. The number of carbonyl (C=O) groups is 1. The Labute approximate surface area is 56.8 Å². The second-order valence-corrected chi connectivity index (χ2v) is 2.52. The minimum atomic E-state index is -2.46. The van der Waals surface area contributed by atoms with E-state index in [2.05, 4.69) is 0 Å². The van der Waals surface area contributed by atoms with E-state index in [1.165, 1.54) is 0 Å². The fourth-order valence-electron chi connectivity index (χ4n) is 1.13. The monoisotopic (exact) mass is 150 g/mol. The first-order valence-corrected chi connectivity index (χ1v) is 3.14. The molecule has 1 N–H and O–H groups in total. The Kier molecular flexibility index (Phi) is 1.87. The van der Waals surface area contributed by atoms with Crippen LogP contribution in [0, 0.1) is 11.8 Å². The van der Waals surface area contributed by atoms with Crippen molar-refractivity contribution in [1.82, 2.24) is 0 Å². The molecule has 0 heterocycles. The van der Waals surface area contributed by atoms with E-state index in [1.807, 2.05) is 0 Å². The summed E-state index contributed by atoms with van der Waals surface area (Å²) in [5, 5.41) is 8.32. The highest BCUT2D eigenvalue weighted by molar-refractivity contribution is 5.71. The van der Waals surface area contributed by atoms with Crippen LogP contribution in [0.5, 0.6) is 0 Å². The average Bonchev–Trinajstić information content (AvgIpc) is 1.56. The van der Waals surface area contributed by atoms with Crippen LogP contribution in [0.4, 0.5) is 8.78 Å². The molecule has 1 fully saturated rings. The van der Waals surface area contributed by atoms with E-state index >= 15 is 0 Å². The van der Waals surface area contributed by atoms with Crippen LogP contribution in [0.2, 0.25) is 0 Å². The number of rotatable bonds is 2. The van der Waals surface area contributed by atoms with Gasteiger partial charge in [-0.15, -0.1) is 0 Å². The fraction of sp³-hybridized carbons (Fsp3) is 0.833. The van der Waals surface area contributed by atoms with Crippen molar-refractivity contribution in [3.63, 3.8) is 0 Å². The van der Waals surface area contributed by atoms with Gasteiger partial charge in [-0.3, -0.25) is 4.79 Å². The summed E-state index contributed by atoms with van der Waals surface area (Å²) in [6, 6.07) is 0. The summed E-state index contributed by atoms with van der Waals surface area (Å²) in [5.41, 5.74) is 0. The average molecular weight is 150 g/mol. The molecule has 0 unspecified atom stereocenters. The maximum Gasteiger partial charge on any atom is 0.306 e. The summed E-state index contributed by atoms with van der Waals surface area (Å²) < 4.78 is 23.7. The Morgan fingerprint density at radius 2 is 2.10 bits per heavy atom. The second-order valence-electron chi connectivity index (χ2n) is 2.52. The quantitative estimate of drug-likeness (QED) is 0.645. The van der Waals surface area contributed by atoms with Crippen LogP contribution in [0.3, 0.4) is 0 Å². The number of halogens is 2. The molecule has 0 amide bonds. The molecule has 0 saturated heterocycles. The topological polar surface area (TPSA) is 37.3 Å². The van der Waals surface area contributed by atoms with Crippen LogP contribution < -0.4 is 0 Å². The molecule has 4 heteroatoms. The molecule has 1 rings (SSSR count). The Bertz CT molecular complexity index is 147. The first kappa shape index (κ1) is 7.44. The summed E-state index contributed by atoms with van der Waals surface area (Å²) in [7, 11) is 0. The predicted molar refractivity (Wildman–Crippen MR) is 29.9 cm³/mol. The Morgan fingerprint density at radius 1 is 1.50 bits per heavy atom. The predicted octanol–water partition coefficient (Wildman–Crippen LogP) is 1.36. The summed E-state index contributed by atoms with van der Waals surface area (Å²) in [6.45, 7) is 0. The smallest absolute Gasteiger partial charge is 0.306 e. The summed E-state index contributed by atoms with van der Waals surface area (Å²) in [6.07, 6.45) is -1.70. The van der Waals surface area contributed by atoms with E-state index in [1.54, 1.807) is 0 Å². The van der Waals surface area contributed by atoms with Crippen molar-refractivity contribution in [1.29, 1.82) is 0 Å². The van der Waals surface area contributed by atoms with Crippen molar-refractivity contribution >= 4 is 5.97 Å². The maximum atomic E-state index is 11.8. The number of carboxylic acid groups (broad SMARTS) is 1. The van der Waals surface area contributed by atoms with Crippen molar-refractivity contribution in [3.05, 3.63) is 0 Å². The lowest BCUT2D eigenvalue weighted by molar-refractivity contribution is -0.152. The third-order valence-electron chi connectivity index (χ3n) is 1.97. The standard InChI is InChI=1S/C6H8F2O2/c7-5(8)3-1-2-4(3)6(9)10/h3-5H,1-2H2,(H,9,10)/t3-,4-/m0/s1. The van der Waals surface area contributed by atoms with E-state index in [0.29, 0.717) is 12.8 Å². The zero-order chi connectivity index (χ0) is 7.72. The number of carboxylic acids is 1. The largest absolute Gasteiger partial charge is 0.481 e. The molecule has 0 aromatic carbocycles. The molecule has 0 aliphatic heterocycles. The lowest BCUT2D eigenvalue weighted by atomic mass is 9.74. The van der Waals surface area contributed by atoms with Gasteiger partial charge in [-0.2, -0.15) is 0 Å². The van der Waals surface area contributed by atoms with E-state index in [-0.39, 0.29) is 0 Å². The highest BCUT2D eigenvalue weighted by Gasteiger charge is 2.42. The van der Waals surface area contributed by atoms with E-state index < -0.39 is 24.2 Å². The van der Waals surface area contributed by atoms with Crippen molar-refractivity contribution in [2.45, 2.75) is 19.3 Å². The van der Waals surface area contributed by atoms with E-state index in [4.69, 9.17) is 5.11 Å². The summed E-state index contributed by atoms with van der Waals surface area (Å²) >= 11 is 0. The molecule has 0 radical (unpaired) electrons. The number of aliphatic carboxylic acids is 1. The molecule has 58 valence electrons. The molecule has 2 atom stereocenters. The fourth-order valence-corrected chi connectivity index (χ4v) is 1.13. The zero-order valence-corrected chi connectivity index (χ0v) is 5.26. The third-order valence-corrected chi connectivity index (χ3v) is 1.97. The van der Waals surface area contributed by atoms with Gasteiger partial charge in [-0.25, -0.2) is 8.78 Å². The first-order chi connectivity index (χ1) is 4.63. The lowest BCUT2D eigenvalue weighted by Gasteiger charge is -2.32. The number of alkyl halides is 2. The molecule has 1 aliphatic carbocycles. The van der Waals surface area contributed by atoms with Crippen molar-refractivity contribution < 1.29 is 18.7 Å². The molecule has 0 spiro atoms. The van der Waals surface area contributed by atoms with Crippen LogP contribution in [0.25, 0.3) is 0 Å². The van der Waals surface area contributed by atoms with E-state index in [9.17, 15) is 13.6 Å². The second kappa shape index (κ2) is 2.52. The van der Waals surface area contributed by atoms with Crippen molar-refractivity contribution in [3.8, 4) is 0 Å². The van der Waals surface area contributed by atoms with Gasteiger partial charge in [0.05, 0.1) is 5.92 Å². The molecular formula is C6H8F2O2. The minimum Gasteiger partial charge on any atom is -0.481 e. The summed E-state index contributed by atoms with van der Waals surface area (Å²) in [5.74, 6) is -2.77. The van der Waals surface area contributed by atoms with Gasteiger partial charge in [-0.1, -0.05) is 0 Å². The third kappa shape index (κ3) is 1.10. The molecule has 0 bridgehead atoms. The van der Waals surface area contributed by atoms with E-state index in [0.717, 1.165) is 0 Å².